The number of fused-ring (bicyclic) bond motifs is 1. The Labute approximate surface area is 162 Å². The molecular formula is C21H23N3O2S. The summed E-state index contributed by atoms with van der Waals surface area (Å²) < 4.78 is 8.71. The number of benzene rings is 1. The molecule has 6 heteroatoms. The Hall–Kier alpha value is -2.34. The molecule has 0 N–H and O–H groups in total. The topological polar surface area (TPSA) is 47.4 Å². The van der Waals surface area contributed by atoms with Crippen LogP contribution in [0.2, 0.25) is 0 Å². The van der Waals surface area contributed by atoms with Gasteiger partial charge in [0.15, 0.2) is 0 Å². The Balaban J connectivity index is 1.25. The molecule has 3 heterocycles. The maximum absolute atomic E-state index is 12.4. The van der Waals surface area contributed by atoms with Crippen LogP contribution >= 0.6 is 11.3 Å². The quantitative estimate of drug-likeness (QED) is 0.666. The van der Waals surface area contributed by atoms with Crippen molar-refractivity contribution in [3.05, 3.63) is 47.0 Å². The molecule has 3 aromatic rings. The number of ether oxygens (including phenoxy) is 1. The summed E-state index contributed by atoms with van der Waals surface area (Å²) in [5.74, 6) is 1.85. The van der Waals surface area contributed by atoms with Crippen LogP contribution in [-0.2, 0) is 6.54 Å². The lowest BCUT2D eigenvalue weighted by Crippen LogP contribution is -2.41. The molecule has 1 aliphatic heterocycles. The number of piperidine rings is 1. The number of hydrogen-bond donors (Lipinski definition) is 0. The normalized spacial score (nSPS) is 18.1. The van der Waals surface area contributed by atoms with Crippen molar-refractivity contribution < 1.29 is 9.53 Å². The third-order valence-electron chi connectivity index (χ3n) is 5.60. The number of rotatable bonds is 5. The Morgan fingerprint density at radius 2 is 2.04 bits per heavy atom. The summed E-state index contributed by atoms with van der Waals surface area (Å²) in [5.41, 5.74) is 3.52. The van der Waals surface area contributed by atoms with Crippen LogP contribution in [0.1, 0.15) is 36.2 Å². The van der Waals surface area contributed by atoms with Crippen LogP contribution in [0, 0.1) is 5.92 Å². The molecule has 0 unspecified atom stereocenters. The van der Waals surface area contributed by atoms with Gasteiger partial charge in [-0.05, 0) is 37.0 Å². The number of thiazole rings is 1. The highest BCUT2D eigenvalue weighted by molar-refractivity contribution is 7.07. The summed E-state index contributed by atoms with van der Waals surface area (Å²) in [4.78, 5) is 18.4. The molecule has 0 bridgehead atoms. The first kappa shape index (κ1) is 16.8. The van der Waals surface area contributed by atoms with Gasteiger partial charge < -0.3 is 14.2 Å². The van der Waals surface area contributed by atoms with E-state index in [1.807, 2.05) is 10.3 Å². The Kier molecular flexibility index (Phi) is 4.36. The van der Waals surface area contributed by atoms with E-state index >= 15 is 0 Å². The maximum atomic E-state index is 12.4. The van der Waals surface area contributed by atoms with Crippen molar-refractivity contribution >= 4 is 28.1 Å². The summed E-state index contributed by atoms with van der Waals surface area (Å²) in [6.07, 6.45) is 6.76. The predicted molar refractivity (Wildman–Crippen MR) is 106 cm³/mol. The smallest absolute Gasteiger partial charge is 0.273 e. The number of carbonyl (C=O) groups is 1. The van der Waals surface area contributed by atoms with Crippen molar-refractivity contribution in [1.82, 2.24) is 14.5 Å². The van der Waals surface area contributed by atoms with Crippen LogP contribution in [0.15, 0.2) is 41.4 Å². The van der Waals surface area contributed by atoms with Gasteiger partial charge in [0.2, 0.25) is 0 Å². The van der Waals surface area contributed by atoms with Gasteiger partial charge in [-0.15, -0.1) is 11.3 Å². The van der Waals surface area contributed by atoms with Crippen molar-refractivity contribution in [2.75, 3.05) is 13.1 Å². The second kappa shape index (κ2) is 7.00. The third kappa shape index (κ3) is 3.46. The minimum absolute atomic E-state index is 0.0361. The molecule has 1 saturated heterocycles. The zero-order valence-electron chi connectivity index (χ0n) is 15.2. The van der Waals surface area contributed by atoms with Crippen molar-refractivity contribution in [3.63, 3.8) is 0 Å². The van der Waals surface area contributed by atoms with Crippen LogP contribution in [0.25, 0.3) is 10.9 Å². The van der Waals surface area contributed by atoms with Gasteiger partial charge in [0.1, 0.15) is 17.5 Å². The van der Waals surface area contributed by atoms with E-state index in [4.69, 9.17) is 4.74 Å². The van der Waals surface area contributed by atoms with Gasteiger partial charge in [0, 0.05) is 49.4 Å². The van der Waals surface area contributed by atoms with Gasteiger partial charge in [-0.25, -0.2) is 4.98 Å². The molecule has 0 spiro atoms. The summed E-state index contributed by atoms with van der Waals surface area (Å²) >= 11 is 1.46. The lowest BCUT2D eigenvalue weighted by Gasteiger charge is -2.32. The summed E-state index contributed by atoms with van der Waals surface area (Å²) in [6, 6.07) is 8.51. The van der Waals surface area contributed by atoms with E-state index in [1.54, 1.807) is 5.51 Å². The van der Waals surface area contributed by atoms with Crippen LogP contribution in [0.3, 0.4) is 0 Å². The van der Waals surface area contributed by atoms with Gasteiger partial charge in [-0.2, -0.15) is 0 Å². The fourth-order valence-electron chi connectivity index (χ4n) is 3.87. The minimum Gasteiger partial charge on any atom is -0.490 e. The van der Waals surface area contributed by atoms with E-state index in [1.165, 1.54) is 35.1 Å². The van der Waals surface area contributed by atoms with Crippen LogP contribution in [0.5, 0.6) is 5.75 Å². The van der Waals surface area contributed by atoms with Crippen LogP contribution < -0.4 is 4.74 Å². The first-order chi connectivity index (χ1) is 13.3. The standard InChI is InChI=1S/C21H23N3O2S/c25-21(18-13-27-14-22-18)23-9-6-16(7-10-23)26-20-3-1-2-19-17(20)8-11-24(19)12-15-4-5-15/h1-3,8,11,13-16H,4-7,9-10,12H2. The zero-order chi connectivity index (χ0) is 18.2. The molecule has 27 heavy (non-hydrogen) atoms. The fraction of sp³-hybridized carbons (Fsp3) is 0.429. The average Bonchev–Trinajstić information content (AvgIpc) is 3.17. The van der Waals surface area contributed by atoms with E-state index < -0.39 is 0 Å². The molecule has 0 atom stereocenters. The monoisotopic (exact) mass is 381 g/mol. The molecule has 5 nitrogen and oxygen atoms in total. The van der Waals surface area contributed by atoms with Gasteiger partial charge in [0.25, 0.3) is 5.91 Å². The summed E-state index contributed by atoms with van der Waals surface area (Å²) in [7, 11) is 0. The summed E-state index contributed by atoms with van der Waals surface area (Å²) in [5, 5.41) is 3.01. The molecule has 2 aromatic heterocycles. The Morgan fingerprint density at radius 3 is 2.78 bits per heavy atom. The predicted octanol–water partition coefficient (Wildman–Crippen LogP) is 4.19. The second-order valence-electron chi connectivity index (χ2n) is 7.58. The minimum atomic E-state index is 0.0361. The molecule has 1 amide bonds. The maximum Gasteiger partial charge on any atom is 0.273 e. The molecule has 2 fully saturated rings. The third-order valence-corrected chi connectivity index (χ3v) is 6.19. The molecule has 1 saturated carbocycles. The lowest BCUT2D eigenvalue weighted by atomic mass is 10.1. The molecule has 2 aliphatic rings. The SMILES string of the molecule is O=C(c1cscn1)N1CCC(Oc2cccc3c2ccn3CC2CC2)CC1. The van der Waals surface area contributed by atoms with Crippen molar-refractivity contribution in [2.24, 2.45) is 5.92 Å². The van der Waals surface area contributed by atoms with Gasteiger partial charge in [-0.1, -0.05) is 6.07 Å². The number of nitrogens with zero attached hydrogens (tertiary/aromatic N) is 3. The number of amides is 1. The first-order valence-electron chi connectivity index (χ1n) is 9.70. The number of likely N-dealkylation sites (tertiary alicyclic amines) is 1. The van der Waals surface area contributed by atoms with E-state index in [-0.39, 0.29) is 12.0 Å². The van der Waals surface area contributed by atoms with Gasteiger partial charge in [-0.3, -0.25) is 4.79 Å². The molecular weight excluding hydrogens is 358 g/mol. The highest BCUT2D eigenvalue weighted by atomic mass is 32.1. The Morgan fingerprint density at radius 1 is 1.19 bits per heavy atom. The highest BCUT2D eigenvalue weighted by Gasteiger charge is 2.26. The van der Waals surface area contributed by atoms with Crippen molar-refractivity contribution in [3.8, 4) is 5.75 Å². The molecule has 5 rings (SSSR count). The lowest BCUT2D eigenvalue weighted by molar-refractivity contribution is 0.0593. The average molecular weight is 382 g/mol. The van der Waals surface area contributed by atoms with Gasteiger partial charge in [0.05, 0.1) is 11.0 Å². The zero-order valence-corrected chi connectivity index (χ0v) is 16.0. The van der Waals surface area contributed by atoms with Crippen molar-refractivity contribution in [2.45, 2.75) is 38.3 Å². The summed E-state index contributed by atoms with van der Waals surface area (Å²) in [6.45, 7) is 2.56. The van der Waals surface area contributed by atoms with Crippen LogP contribution in [0.4, 0.5) is 0 Å². The number of aromatic nitrogens is 2. The fourth-order valence-corrected chi connectivity index (χ4v) is 4.40. The van der Waals surface area contributed by atoms with E-state index in [9.17, 15) is 4.79 Å². The van der Waals surface area contributed by atoms with E-state index in [0.717, 1.165) is 44.1 Å². The number of carbonyl (C=O) groups excluding carboxylic acids is 1. The largest absolute Gasteiger partial charge is 0.490 e. The van der Waals surface area contributed by atoms with Crippen LogP contribution in [-0.4, -0.2) is 39.6 Å². The molecule has 0 radical (unpaired) electrons. The Bertz CT molecular complexity index is 938. The molecule has 1 aromatic carbocycles. The number of hydrogen-bond acceptors (Lipinski definition) is 4. The van der Waals surface area contributed by atoms with Gasteiger partial charge >= 0.3 is 0 Å². The molecule has 1 aliphatic carbocycles. The van der Waals surface area contributed by atoms with E-state index in [0.29, 0.717) is 5.69 Å². The second-order valence-corrected chi connectivity index (χ2v) is 8.30. The van der Waals surface area contributed by atoms with E-state index in [2.05, 4.69) is 40.0 Å². The van der Waals surface area contributed by atoms with Crippen molar-refractivity contribution in [1.29, 1.82) is 0 Å². The first-order valence-corrected chi connectivity index (χ1v) is 10.6. The highest BCUT2D eigenvalue weighted by Crippen LogP contribution is 2.34. The molecule has 140 valence electrons.